The molecule has 1 aromatic carbocycles. The van der Waals surface area contributed by atoms with Crippen molar-refractivity contribution in [1.82, 2.24) is 0 Å². The first-order valence-corrected chi connectivity index (χ1v) is 4.79. The van der Waals surface area contributed by atoms with Crippen molar-refractivity contribution >= 4 is 16.0 Å². The van der Waals surface area contributed by atoms with Crippen molar-refractivity contribution in [1.29, 1.82) is 0 Å². The SMILES string of the molecule is Cc1ccc(N=NS(=O)(=O)[O-])cc1. The molecule has 0 aliphatic heterocycles. The van der Waals surface area contributed by atoms with E-state index in [-0.39, 0.29) is 0 Å². The second-order valence-corrected chi connectivity index (χ2v) is 3.46. The van der Waals surface area contributed by atoms with E-state index in [4.69, 9.17) is 0 Å². The molecule has 0 aromatic heterocycles. The van der Waals surface area contributed by atoms with Crippen molar-refractivity contribution in [2.45, 2.75) is 6.92 Å². The molecule has 0 aliphatic carbocycles. The molecule has 0 unspecified atom stereocenters. The van der Waals surface area contributed by atoms with Crippen LogP contribution in [-0.4, -0.2) is 13.0 Å². The zero-order valence-electron chi connectivity index (χ0n) is 6.84. The first-order chi connectivity index (χ1) is 5.97. The fourth-order valence-electron chi connectivity index (χ4n) is 0.709. The fraction of sp³-hybridized carbons (Fsp3) is 0.143. The summed E-state index contributed by atoms with van der Waals surface area (Å²) in [4.78, 5) is 0. The van der Waals surface area contributed by atoms with Gasteiger partial charge >= 0.3 is 0 Å². The van der Waals surface area contributed by atoms with Gasteiger partial charge in [0.15, 0.2) is 0 Å². The number of hydrogen-bond donors (Lipinski definition) is 0. The maximum Gasteiger partial charge on any atom is 0.220 e. The number of nitrogens with zero attached hydrogens (tertiary/aromatic N) is 2. The van der Waals surface area contributed by atoms with E-state index in [0.717, 1.165) is 5.56 Å². The van der Waals surface area contributed by atoms with Crippen molar-refractivity contribution in [2.75, 3.05) is 0 Å². The van der Waals surface area contributed by atoms with E-state index in [1.807, 2.05) is 6.92 Å². The smallest absolute Gasteiger partial charge is 0.220 e. The number of rotatable bonds is 2. The van der Waals surface area contributed by atoms with Gasteiger partial charge in [0.2, 0.25) is 10.3 Å². The van der Waals surface area contributed by atoms with Gasteiger partial charge in [-0.25, -0.2) is 8.42 Å². The molecule has 1 rings (SSSR count). The average molecular weight is 199 g/mol. The highest BCUT2D eigenvalue weighted by Crippen LogP contribution is 2.13. The van der Waals surface area contributed by atoms with Crippen LogP contribution < -0.4 is 0 Å². The Morgan fingerprint density at radius 1 is 1.23 bits per heavy atom. The summed E-state index contributed by atoms with van der Waals surface area (Å²) in [6.07, 6.45) is 0. The number of benzene rings is 1. The van der Waals surface area contributed by atoms with Crippen LogP contribution in [0.25, 0.3) is 0 Å². The molecule has 0 heterocycles. The zero-order valence-corrected chi connectivity index (χ0v) is 7.65. The van der Waals surface area contributed by atoms with Gasteiger partial charge in [0, 0.05) is 0 Å². The topological polar surface area (TPSA) is 81.9 Å². The van der Waals surface area contributed by atoms with Crippen LogP contribution in [0.3, 0.4) is 0 Å². The molecule has 0 amide bonds. The molecule has 0 fully saturated rings. The predicted octanol–water partition coefficient (Wildman–Crippen LogP) is 1.54. The van der Waals surface area contributed by atoms with Crippen LogP contribution in [0.2, 0.25) is 0 Å². The minimum atomic E-state index is -4.62. The third-order valence-corrected chi connectivity index (χ3v) is 1.57. The molecule has 0 N–H and O–H groups in total. The first-order valence-electron chi connectivity index (χ1n) is 3.43. The van der Waals surface area contributed by atoms with Crippen molar-refractivity contribution in [2.24, 2.45) is 9.63 Å². The van der Waals surface area contributed by atoms with Gasteiger partial charge in [0.1, 0.15) is 0 Å². The Balaban J connectivity index is 2.88. The summed E-state index contributed by atoms with van der Waals surface area (Å²) in [7, 11) is -4.62. The monoisotopic (exact) mass is 199 g/mol. The first kappa shape index (κ1) is 9.82. The quantitative estimate of drug-likeness (QED) is 0.535. The summed E-state index contributed by atoms with van der Waals surface area (Å²) in [6, 6.07) is 6.63. The predicted molar refractivity (Wildman–Crippen MR) is 45.4 cm³/mol. The lowest BCUT2D eigenvalue weighted by atomic mass is 10.2. The minimum Gasteiger partial charge on any atom is -0.728 e. The molecule has 0 radical (unpaired) electrons. The lowest BCUT2D eigenvalue weighted by molar-refractivity contribution is 0.462. The molecule has 13 heavy (non-hydrogen) atoms. The molecule has 0 saturated heterocycles. The van der Waals surface area contributed by atoms with Gasteiger partial charge in [-0.3, -0.25) is 0 Å². The summed E-state index contributed by atoms with van der Waals surface area (Å²) in [5.41, 5.74) is 1.36. The molecule has 0 bridgehead atoms. The lowest BCUT2D eigenvalue weighted by Gasteiger charge is -1.96. The maximum atomic E-state index is 10.1. The van der Waals surface area contributed by atoms with Gasteiger partial charge in [0.25, 0.3) is 0 Å². The molecule has 0 aliphatic rings. The summed E-state index contributed by atoms with van der Waals surface area (Å²) in [6.45, 7) is 1.88. The van der Waals surface area contributed by atoms with Crippen molar-refractivity contribution in [3.05, 3.63) is 29.8 Å². The fourth-order valence-corrected chi connectivity index (χ4v) is 0.903. The van der Waals surface area contributed by atoms with Crippen LogP contribution >= 0.6 is 0 Å². The molecule has 0 saturated carbocycles. The molecular weight excluding hydrogens is 192 g/mol. The number of aryl methyl sites for hydroxylation is 1. The molecule has 0 atom stereocenters. The Morgan fingerprint density at radius 3 is 2.23 bits per heavy atom. The molecule has 1 aromatic rings. The Labute approximate surface area is 76.0 Å². The van der Waals surface area contributed by atoms with Gasteiger partial charge in [0.05, 0.1) is 5.69 Å². The van der Waals surface area contributed by atoms with E-state index < -0.39 is 10.3 Å². The molecule has 6 heteroatoms. The molecule has 0 spiro atoms. The summed E-state index contributed by atoms with van der Waals surface area (Å²) >= 11 is 0. The van der Waals surface area contributed by atoms with E-state index in [1.54, 1.807) is 24.3 Å². The Kier molecular flexibility index (Phi) is 2.74. The standard InChI is InChI=1S/C7H8N2O3S/c1-6-2-4-7(5-3-6)8-9-13(10,11)12/h2-5H,1H3,(H,10,11,12)/p-1. The van der Waals surface area contributed by atoms with E-state index in [1.165, 1.54) is 0 Å². The van der Waals surface area contributed by atoms with Crippen LogP contribution in [0.15, 0.2) is 33.9 Å². The van der Waals surface area contributed by atoms with Gasteiger partial charge < -0.3 is 4.55 Å². The highest BCUT2D eigenvalue weighted by molar-refractivity contribution is 7.84. The highest BCUT2D eigenvalue weighted by Gasteiger charge is 1.90. The Bertz CT molecular complexity index is 408. The summed E-state index contributed by atoms with van der Waals surface area (Å²) in [5.74, 6) is 0. The van der Waals surface area contributed by atoms with Crippen molar-refractivity contribution in [3.8, 4) is 0 Å². The van der Waals surface area contributed by atoms with Gasteiger partial charge in [-0.2, -0.15) is 0 Å². The van der Waals surface area contributed by atoms with Crippen LogP contribution in [0.1, 0.15) is 5.56 Å². The second-order valence-electron chi connectivity index (χ2n) is 2.44. The molecule has 70 valence electrons. The van der Waals surface area contributed by atoms with Crippen LogP contribution in [0.5, 0.6) is 0 Å². The third kappa shape index (κ3) is 3.77. The van der Waals surface area contributed by atoms with Crippen LogP contribution in [0.4, 0.5) is 5.69 Å². The Morgan fingerprint density at radius 2 is 1.77 bits per heavy atom. The van der Waals surface area contributed by atoms with Gasteiger partial charge in [-0.05, 0) is 19.1 Å². The van der Waals surface area contributed by atoms with Crippen LogP contribution in [-0.2, 0) is 10.3 Å². The summed E-state index contributed by atoms with van der Waals surface area (Å²) < 4.78 is 32.8. The largest absolute Gasteiger partial charge is 0.728 e. The highest BCUT2D eigenvalue weighted by atomic mass is 32.2. The normalized spacial score (nSPS) is 12.2. The lowest BCUT2D eigenvalue weighted by Crippen LogP contribution is -1.88. The van der Waals surface area contributed by atoms with E-state index in [9.17, 15) is 13.0 Å². The van der Waals surface area contributed by atoms with Crippen LogP contribution in [0, 0.1) is 6.92 Å². The van der Waals surface area contributed by atoms with E-state index in [2.05, 4.69) is 9.63 Å². The number of hydrogen-bond acceptors (Lipinski definition) is 4. The van der Waals surface area contributed by atoms with Crippen molar-refractivity contribution in [3.63, 3.8) is 0 Å². The Hall–Kier alpha value is -1.27. The summed E-state index contributed by atoms with van der Waals surface area (Å²) in [5, 5.41) is 3.24. The molecule has 5 nitrogen and oxygen atoms in total. The van der Waals surface area contributed by atoms with Crippen molar-refractivity contribution < 1.29 is 13.0 Å². The van der Waals surface area contributed by atoms with Gasteiger partial charge in [-0.1, -0.05) is 22.2 Å². The third-order valence-electron chi connectivity index (χ3n) is 1.29. The zero-order chi connectivity index (χ0) is 9.90. The maximum absolute atomic E-state index is 10.1. The van der Waals surface area contributed by atoms with E-state index in [0.29, 0.717) is 5.69 Å². The van der Waals surface area contributed by atoms with Gasteiger partial charge in [-0.15, -0.1) is 5.11 Å². The minimum absolute atomic E-state index is 0.338. The average Bonchev–Trinajstić information content (AvgIpc) is 2.02. The molecular formula is C7H7N2O3S-. The second kappa shape index (κ2) is 3.63. The van der Waals surface area contributed by atoms with E-state index >= 15 is 0 Å².